The molecule has 15 heavy (non-hydrogen) atoms. The molecular weight excluding hydrogens is 208 g/mol. The first kappa shape index (κ1) is 12.0. The molecule has 0 unspecified atom stereocenters. The molecule has 2 nitrogen and oxygen atoms in total. The standard InChI is InChI=1S/C12H16O2S/c1-3-4-5-10-8-9-15-11(10)6-7-12(13)14-2/h6-9H,3-5H2,1-2H3. The Balaban J connectivity index is 2.64. The third-order valence-corrected chi connectivity index (χ3v) is 3.08. The Bertz CT molecular complexity index is 339. The van der Waals surface area contributed by atoms with E-state index >= 15 is 0 Å². The number of hydrogen-bond acceptors (Lipinski definition) is 3. The predicted octanol–water partition coefficient (Wildman–Crippen LogP) is 3.28. The van der Waals surface area contributed by atoms with Crippen LogP contribution in [0.1, 0.15) is 30.2 Å². The van der Waals surface area contributed by atoms with Crippen LogP contribution in [0.4, 0.5) is 0 Å². The third kappa shape index (κ3) is 3.88. The first-order valence-electron chi connectivity index (χ1n) is 5.10. The Morgan fingerprint density at radius 1 is 1.60 bits per heavy atom. The molecule has 0 N–H and O–H groups in total. The summed E-state index contributed by atoms with van der Waals surface area (Å²) in [6.45, 7) is 2.18. The van der Waals surface area contributed by atoms with Crippen molar-refractivity contribution in [2.24, 2.45) is 0 Å². The van der Waals surface area contributed by atoms with Crippen LogP contribution in [0.2, 0.25) is 0 Å². The number of carbonyl (C=O) groups excluding carboxylic acids is 1. The van der Waals surface area contributed by atoms with Gasteiger partial charge in [0.2, 0.25) is 0 Å². The highest BCUT2D eigenvalue weighted by atomic mass is 32.1. The van der Waals surface area contributed by atoms with E-state index in [2.05, 4.69) is 23.1 Å². The molecule has 0 aliphatic rings. The minimum Gasteiger partial charge on any atom is -0.466 e. The lowest BCUT2D eigenvalue weighted by molar-refractivity contribution is -0.134. The van der Waals surface area contributed by atoms with Crippen molar-refractivity contribution in [3.8, 4) is 0 Å². The zero-order valence-electron chi connectivity index (χ0n) is 9.16. The summed E-state index contributed by atoms with van der Waals surface area (Å²) in [7, 11) is 1.39. The fourth-order valence-corrected chi connectivity index (χ4v) is 2.13. The zero-order valence-corrected chi connectivity index (χ0v) is 9.97. The first-order chi connectivity index (χ1) is 7.27. The van der Waals surface area contributed by atoms with Crippen molar-refractivity contribution in [2.45, 2.75) is 26.2 Å². The lowest BCUT2D eigenvalue weighted by Crippen LogP contribution is -1.93. The van der Waals surface area contributed by atoms with Gasteiger partial charge in [-0.1, -0.05) is 13.3 Å². The van der Waals surface area contributed by atoms with Gasteiger partial charge >= 0.3 is 5.97 Å². The number of methoxy groups -OCH3 is 1. The normalized spacial score (nSPS) is 10.8. The molecule has 1 rings (SSSR count). The van der Waals surface area contributed by atoms with Crippen LogP contribution in [-0.2, 0) is 16.0 Å². The van der Waals surface area contributed by atoms with Crippen molar-refractivity contribution in [3.05, 3.63) is 28.0 Å². The summed E-state index contributed by atoms with van der Waals surface area (Å²) in [5, 5.41) is 2.06. The Labute approximate surface area is 94.6 Å². The molecule has 0 radical (unpaired) electrons. The van der Waals surface area contributed by atoms with E-state index in [4.69, 9.17) is 0 Å². The third-order valence-electron chi connectivity index (χ3n) is 2.15. The Morgan fingerprint density at radius 2 is 2.40 bits per heavy atom. The van der Waals surface area contributed by atoms with E-state index in [9.17, 15) is 4.79 Å². The van der Waals surface area contributed by atoms with Crippen molar-refractivity contribution >= 4 is 23.4 Å². The van der Waals surface area contributed by atoms with E-state index in [-0.39, 0.29) is 5.97 Å². The van der Waals surface area contributed by atoms with Crippen LogP contribution in [0.15, 0.2) is 17.5 Å². The molecular formula is C12H16O2S. The Hall–Kier alpha value is -1.09. The van der Waals surface area contributed by atoms with Gasteiger partial charge < -0.3 is 4.74 Å². The highest BCUT2D eigenvalue weighted by Gasteiger charge is 2.01. The number of esters is 1. The summed E-state index contributed by atoms with van der Waals surface area (Å²) in [6.07, 6.45) is 6.77. The average Bonchev–Trinajstić information content (AvgIpc) is 2.70. The summed E-state index contributed by atoms with van der Waals surface area (Å²) in [5.74, 6) is -0.301. The number of aryl methyl sites for hydroxylation is 1. The molecule has 0 atom stereocenters. The maximum Gasteiger partial charge on any atom is 0.330 e. The monoisotopic (exact) mass is 224 g/mol. The molecule has 0 bridgehead atoms. The minimum absolute atomic E-state index is 0.301. The Kier molecular flexibility index (Phi) is 5.12. The van der Waals surface area contributed by atoms with Gasteiger partial charge in [0, 0.05) is 11.0 Å². The number of rotatable bonds is 5. The van der Waals surface area contributed by atoms with Crippen LogP contribution < -0.4 is 0 Å². The van der Waals surface area contributed by atoms with Gasteiger partial charge in [-0.15, -0.1) is 11.3 Å². The van der Waals surface area contributed by atoms with Crippen molar-refractivity contribution in [1.82, 2.24) is 0 Å². The molecule has 1 aromatic rings. The molecule has 0 saturated carbocycles. The molecule has 0 amide bonds. The van der Waals surface area contributed by atoms with E-state index in [1.165, 1.54) is 31.6 Å². The van der Waals surface area contributed by atoms with Crippen molar-refractivity contribution in [2.75, 3.05) is 7.11 Å². The van der Waals surface area contributed by atoms with E-state index in [0.29, 0.717) is 0 Å². The highest BCUT2D eigenvalue weighted by Crippen LogP contribution is 2.20. The molecule has 0 spiro atoms. The molecule has 0 aliphatic carbocycles. The zero-order chi connectivity index (χ0) is 11.1. The summed E-state index contributed by atoms with van der Waals surface area (Å²) < 4.78 is 4.55. The molecule has 0 fully saturated rings. The molecule has 3 heteroatoms. The number of hydrogen-bond donors (Lipinski definition) is 0. The smallest absolute Gasteiger partial charge is 0.330 e. The van der Waals surface area contributed by atoms with Crippen LogP contribution in [0.3, 0.4) is 0 Å². The maximum absolute atomic E-state index is 10.9. The fourth-order valence-electron chi connectivity index (χ4n) is 1.28. The van der Waals surface area contributed by atoms with Crippen LogP contribution >= 0.6 is 11.3 Å². The van der Waals surface area contributed by atoms with Gasteiger partial charge in [0.15, 0.2) is 0 Å². The largest absolute Gasteiger partial charge is 0.466 e. The van der Waals surface area contributed by atoms with Gasteiger partial charge in [-0.2, -0.15) is 0 Å². The van der Waals surface area contributed by atoms with Crippen LogP contribution in [-0.4, -0.2) is 13.1 Å². The average molecular weight is 224 g/mol. The Morgan fingerprint density at radius 3 is 3.07 bits per heavy atom. The first-order valence-corrected chi connectivity index (χ1v) is 5.98. The van der Waals surface area contributed by atoms with E-state index in [1.807, 2.05) is 6.08 Å². The van der Waals surface area contributed by atoms with Crippen molar-refractivity contribution < 1.29 is 9.53 Å². The molecule has 1 aromatic heterocycles. The lowest BCUT2D eigenvalue weighted by atomic mass is 10.1. The minimum atomic E-state index is -0.301. The topological polar surface area (TPSA) is 26.3 Å². The van der Waals surface area contributed by atoms with E-state index in [1.54, 1.807) is 11.3 Å². The second-order valence-corrected chi connectivity index (χ2v) is 4.22. The lowest BCUT2D eigenvalue weighted by Gasteiger charge is -1.97. The van der Waals surface area contributed by atoms with Gasteiger partial charge in [-0.25, -0.2) is 4.79 Å². The SMILES string of the molecule is CCCCc1ccsc1C=CC(=O)OC. The van der Waals surface area contributed by atoms with Gasteiger partial charge in [0.1, 0.15) is 0 Å². The molecule has 82 valence electrons. The van der Waals surface area contributed by atoms with Gasteiger partial charge in [0.25, 0.3) is 0 Å². The van der Waals surface area contributed by atoms with Crippen LogP contribution in [0.25, 0.3) is 6.08 Å². The second kappa shape index (κ2) is 6.40. The molecule has 0 aromatic carbocycles. The summed E-state index contributed by atoms with van der Waals surface area (Å²) in [4.78, 5) is 12.1. The second-order valence-electron chi connectivity index (χ2n) is 3.27. The number of thiophene rings is 1. The number of unbranched alkanes of at least 4 members (excludes halogenated alkanes) is 1. The van der Waals surface area contributed by atoms with Gasteiger partial charge in [0.05, 0.1) is 7.11 Å². The van der Waals surface area contributed by atoms with Crippen molar-refractivity contribution in [3.63, 3.8) is 0 Å². The molecule has 0 aliphatic heterocycles. The number of ether oxygens (including phenoxy) is 1. The summed E-state index contributed by atoms with van der Waals surface area (Å²) >= 11 is 1.66. The summed E-state index contributed by atoms with van der Waals surface area (Å²) in [6, 6.07) is 2.12. The molecule has 0 saturated heterocycles. The van der Waals surface area contributed by atoms with Crippen molar-refractivity contribution in [1.29, 1.82) is 0 Å². The molecule has 1 heterocycles. The van der Waals surface area contributed by atoms with Crippen LogP contribution in [0, 0.1) is 0 Å². The van der Waals surface area contributed by atoms with E-state index in [0.717, 1.165) is 11.3 Å². The fraction of sp³-hybridized carbons (Fsp3) is 0.417. The highest BCUT2D eigenvalue weighted by molar-refractivity contribution is 7.11. The maximum atomic E-state index is 10.9. The quantitative estimate of drug-likeness (QED) is 0.566. The van der Waals surface area contributed by atoms with Gasteiger partial charge in [-0.3, -0.25) is 0 Å². The van der Waals surface area contributed by atoms with E-state index < -0.39 is 0 Å². The van der Waals surface area contributed by atoms with Gasteiger partial charge in [-0.05, 0) is 35.9 Å². The predicted molar refractivity (Wildman–Crippen MR) is 64.0 cm³/mol. The number of carbonyl (C=O) groups is 1. The van der Waals surface area contributed by atoms with Crippen LogP contribution in [0.5, 0.6) is 0 Å². The summed E-state index contributed by atoms with van der Waals surface area (Å²) in [5.41, 5.74) is 1.32.